The van der Waals surface area contributed by atoms with Gasteiger partial charge in [0, 0.05) is 19.7 Å². The van der Waals surface area contributed by atoms with E-state index in [9.17, 15) is 0 Å². The van der Waals surface area contributed by atoms with E-state index >= 15 is 0 Å². The van der Waals surface area contributed by atoms with E-state index in [-0.39, 0.29) is 6.10 Å². The van der Waals surface area contributed by atoms with Gasteiger partial charge in [0.25, 0.3) is 0 Å². The Morgan fingerprint density at radius 3 is 2.86 bits per heavy atom. The molecular formula is C18H28N2O2. The van der Waals surface area contributed by atoms with E-state index < -0.39 is 0 Å². The van der Waals surface area contributed by atoms with Crippen LogP contribution < -0.4 is 10.1 Å². The first-order chi connectivity index (χ1) is 10.8. The van der Waals surface area contributed by atoms with E-state index in [4.69, 9.17) is 9.47 Å². The monoisotopic (exact) mass is 304 g/mol. The Bertz CT molecular complexity index is 443. The molecule has 0 saturated carbocycles. The van der Waals surface area contributed by atoms with Gasteiger partial charge >= 0.3 is 0 Å². The highest BCUT2D eigenvalue weighted by Crippen LogP contribution is 2.20. The van der Waals surface area contributed by atoms with Crippen LogP contribution in [0.25, 0.3) is 0 Å². The molecular weight excluding hydrogens is 276 g/mol. The van der Waals surface area contributed by atoms with Gasteiger partial charge in [0.2, 0.25) is 0 Å². The lowest BCUT2D eigenvalue weighted by atomic mass is 10.1. The van der Waals surface area contributed by atoms with Gasteiger partial charge in [-0.05, 0) is 63.0 Å². The van der Waals surface area contributed by atoms with Gasteiger partial charge in [-0.15, -0.1) is 0 Å². The molecule has 1 N–H and O–H groups in total. The maximum atomic E-state index is 5.82. The average molecular weight is 304 g/mol. The maximum Gasteiger partial charge on any atom is 0.119 e. The lowest BCUT2D eigenvalue weighted by molar-refractivity contribution is 0.0679. The topological polar surface area (TPSA) is 33.7 Å². The van der Waals surface area contributed by atoms with Crippen LogP contribution in [0, 0.1) is 5.92 Å². The Morgan fingerprint density at radius 1 is 1.27 bits per heavy atom. The molecule has 2 saturated heterocycles. The van der Waals surface area contributed by atoms with Crippen LogP contribution in [-0.4, -0.2) is 50.9 Å². The molecule has 1 aromatic carbocycles. The summed E-state index contributed by atoms with van der Waals surface area (Å²) >= 11 is 0. The molecule has 22 heavy (non-hydrogen) atoms. The largest absolute Gasteiger partial charge is 0.491 e. The molecule has 0 bridgehead atoms. The second kappa shape index (κ2) is 7.95. The van der Waals surface area contributed by atoms with E-state index in [0.717, 1.165) is 44.2 Å². The van der Waals surface area contributed by atoms with Crippen molar-refractivity contribution in [3.63, 3.8) is 0 Å². The smallest absolute Gasteiger partial charge is 0.119 e. The molecule has 4 nitrogen and oxygen atoms in total. The van der Waals surface area contributed by atoms with Gasteiger partial charge in [0.1, 0.15) is 12.4 Å². The van der Waals surface area contributed by atoms with Crippen LogP contribution in [0.15, 0.2) is 24.3 Å². The standard InChI is InChI=1S/C18H28N2O2/c1-19-11-16-8-9-20(13-16)12-15-4-6-17(7-5-15)22-14-18-3-2-10-21-18/h4-7,16,18-19H,2-3,8-14H2,1H3. The first-order valence-corrected chi connectivity index (χ1v) is 8.54. The SMILES string of the molecule is CNCC1CCN(Cc2ccc(OCC3CCCO3)cc2)C1. The normalized spacial score (nSPS) is 25.7. The van der Waals surface area contributed by atoms with Crippen molar-refractivity contribution in [2.75, 3.05) is 39.9 Å². The van der Waals surface area contributed by atoms with E-state index in [1.807, 2.05) is 7.05 Å². The minimum Gasteiger partial charge on any atom is -0.491 e. The molecule has 0 spiro atoms. The minimum atomic E-state index is 0.286. The molecule has 2 heterocycles. The molecule has 0 aromatic heterocycles. The molecule has 2 fully saturated rings. The lowest BCUT2D eigenvalue weighted by Crippen LogP contribution is -2.24. The summed E-state index contributed by atoms with van der Waals surface area (Å²) in [6, 6.07) is 8.56. The van der Waals surface area contributed by atoms with Crippen LogP contribution in [0.1, 0.15) is 24.8 Å². The van der Waals surface area contributed by atoms with Crippen molar-refractivity contribution in [2.24, 2.45) is 5.92 Å². The van der Waals surface area contributed by atoms with E-state index in [1.165, 1.54) is 25.1 Å². The fourth-order valence-corrected chi connectivity index (χ4v) is 3.43. The molecule has 2 atom stereocenters. The number of hydrogen-bond acceptors (Lipinski definition) is 4. The number of ether oxygens (including phenoxy) is 2. The summed E-state index contributed by atoms with van der Waals surface area (Å²) in [5, 5.41) is 3.29. The third-order valence-corrected chi connectivity index (χ3v) is 4.65. The molecule has 1 aromatic rings. The van der Waals surface area contributed by atoms with Crippen molar-refractivity contribution in [3.05, 3.63) is 29.8 Å². The summed E-state index contributed by atoms with van der Waals surface area (Å²) in [5.74, 6) is 1.76. The van der Waals surface area contributed by atoms with Crippen LogP contribution in [-0.2, 0) is 11.3 Å². The van der Waals surface area contributed by atoms with Gasteiger partial charge in [-0.3, -0.25) is 4.90 Å². The molecule has 2 aliphatic rings. The average Bonchev–Trinajstić information content (AvgIpc) is 3.19. The first-order valence-electron chi connectivity index (χ1n) is 8.54. The summed E-state index contributed by atoms with van der Waals surface area (Å²) in [7, 11) is 2.04. The Hall–Kier alpha value is -1.10. The molecule has 3 rings (SSSR count). The number of likely N-dealkylation sites (tertiary alicyclic amines) is 1. The highest BCUT2D eigenvalue weighted by molar-refractivity contribution is 5.27. The van der Waals surface area contributed by atoms with Gasteiger partial charge < -0.3 is 14.8 Å². The van der Waals surface area contributed by atoms with Crippen LogP contribution >= 0.6 is 0 Å². The van der Waals surface area contributed by atoms with Gasteiger partial charge in [0.15, 0.2) is 0 Å². The highest BCUT2D eigenvalue weighted by atomic mass is 16.5. The maximum absolute atomic E-state index is 5.82. The quantitative estimate of drug-likeness (QED) is 0.838. The molecule has 2 unspecified atom stereocenters. The van der Waals surface area contributed by atoms with Crippen molar-refractivity contribution >= 4 is 0 Å². The van der Waals surface area contributed by atoms with Crippen molar-refractivity contribution < 1.29 is 9.47 Å². The van der Waals surface area contributed by atoms with E-state index in [0.29, 0.717) is 6.61 Å². The van der Waals surface area contributed by atoms with Crippen LogP contribution in [0.3, 0.4) is 0 Å². The molecule has 0 amide bonds. The van der Waals surface area contributed by atoms with Crippen molar-refractivity contribution in [1.29, 1.82) is 0 Å². The van der Waals surface area contributed by atoms with Crippen LogP contribution in [0.2, 0.25) is 0 Å². The molecule has 0 radical (unpaired) electrons. The Balaban J connectivity index is 1.43. The predicted octanol–water partition coefficient (Wildman–Crippen LogP) is 2.29. The number of nitrogens with zero attached hydrogens (tertiary/aromatic N) is 1. The summed E-state index contributed by atoms with van der Waals surface area (Å²) in [4.78, 5) is 2.55. The van der Waals surface area contributed by atoms with E-state index in [2.05, 4.69) is 34.5 Å². The Morgan fingerprint density at radius 2 is 2.14 bits per heavy atom. The Kier molecular flexibility index (Phi) is 5.70. The summed E-state index contributed by atoms with van der Waals surface area (Å²) in [6.07, 6.45) is 3.88. The van der Waals surface area contributed by atoms with Crippen LogP contribution in [0.4, 0.5) is 0 Å². The summed E-state index contributed by atoms with van der Waals surface area (Å²) in [5.41, 5.74) is 1.37. The second-order valence-electron chi connectivity index (χ2n) is 6.54. The van der Waals surface area contributed by atoms with Crippen LogP contribution in [0.5, 0.6) is 5.75 Å². The number of nitrogens with one attached hydrogen (secondary N) is 1. The summed E-state index contributed by atoms with van der Waals surface area (Å²) in [6.45, 7) is 6.16. The predicted molar refractivity (Wildman–Crippen MR) is 88.2 cm³/mol. The summed E-state index contributed by atoms with van der Waals surface area (Å²) < 4.78 is 11.4. The zero-order chi connectivity index (χ0) is 15.2. The number of hydrogen-bond donors (Lipinski definition) is 1. The fourth-order valence-electron chi connectivity index (χ4n) is 3.43. The third-order valence-electron chi connectivity index (χ3n) is 4.65. The van der Waals surface area contributed by atoms with Gasteiger partial charge in [0.05, 0.1) is 6.10 Å². The van der Waals surface area contributed by atoms with Gasteiger partial charge in [-0.25, -0.2) is 0 Å². The molecule has 2 aliphatic heterocycles. The van der Waals surface area contributed by atoms with E-state index in [1.54, 1.807) is 0 Å². The zero-order valence-corrected chi connectivity index (χ0v) is 13.6. The Labute approximate surface area is 133 Å². The first kappa shape index (κ1) is 15.8. The third kappa shape index (κ3) is 4.45. The number of rotatable bonds is 7. The van der Waals surface area contributed by atoms with Crippen molar-refractivity contribution in [1.82, 2.24) is 10.2 Å². The molecule has 122 valence electrons. The van der Waals surface area contributed by atoms with Gasteiger partial charge in [-0.1, -0.05) is 12.1 Å². The van der Waals surface area contributed by atoms with Gasteiger partial charge in [-0.2, -0.15) is 0 Å². The highest BCUT2D eigenvalue weighted by Gasteiger charge is 2.21. The lowest BCUT2D eigenvalue weighted by Gasteiger charge is -2.16. The van der Waals surface area contributed by atoms with Crippen molar-refractivity contribution in [3.8, 4) is 5.75 Å². The number of benzene rings is 1. The van der Waals surface area contributed by atoms with Crippen molar-refractivity contribution in [2.45, 2.75) is 31.9 Å². The zero-order valence-electron chi connectivity index (χ0n) is 13.6. The fraction of sp³-hybridized carbons (Fsp3) is 0.667. The molecule has 4 heteroatoms. The second-order valence-corrected chi connectivity index (χ2v) is 6.54. The minimum absolute atomic E-state index is 0.286. The molecule has 0 aliphatic carbocycles.